The third-order valence-electron chi connectivity index (χ3n) is 3.08. The molecule has 0 aliphatic carbocycles. The summed E-state index contributed by atoms with van der Waals surface area (Å²) >= 11 is 0. The molecule has 0 amide bonds. The SMILES string of the molecule is CNCc1nn(C)cc1-c1ccc2[nH]c(=O)[nH]c2c1. The minimum atomic E-state index is -0.186. The molecule has 0 unspecified atom stereocenters. The Morgan fingerprint density at radius 3 is 2.89 bits per heavy atom. The Labute approximate surface area is 109 Å². The Balaban J connectivity index is 2.15. The van der Waals surface area contributed by atoms with Gasteiger partial charge in [-0.15, -0.1) is 0 Å². The molecule has 0 bridgehead atoms. The van der Waals surface area contributed by atoms with Gasteiger partial charge in [-0.1, -0.05) is 6.07 Å². The maximum absolute atomic E-state index is 11.3. The lowest BCUT2D eigenvalue weighted by molar-refractivity contribution is 0.712. The van der Waals surface area contributed by atoms with Gasteiger partial charge in [0.05, 0.1) is 16.7 Å². The Hall–Kier alpha value is -2.34. The lowest BCUT2D eigenvalue weighted by Gasteiger charge is -2.02. The fraction of sp³-hybridized carbons (Fsp3) is 0.231. The van der Waals surface area contributed by atoms with Crippen LogP contribution in [0.3, 0.4) is 0 Å². The van der Waals surface area contributed by atoms with E-state index >= 15 is 0 Å². The van der Waals surface area contributed by atoms with E-state index in [-0.39, 0.29) is 5.69 Å². The Morgan fingerprint density at radius 1 is 1.32 bits per heavy atom. The zero-order chi connectivity index (χ0) is 13.4. The first-order chi connectivity index (χ1) is 9.17. The second-order valence-electron chi connectivity index (χ2n) is 4.53. The average Bonchev–Trinajstić information content (AvgIpc) is 2.90. The van der Waals surface area contributed by atoms with Crippen LogP contribution in [-0.4, -0.2) is 26.8 Å². The molecule has 1 aromatic carbocycles. The monoisotopic (exact) mass is 257 g/mol. The third-order valence-corrected chi connectivity index (χ3v) is 3.08. The summed E-state index contributed by atoms with van der Waals surface area (Å²) in [5.74, 6) is 0. The number of fused-ring (bicyclic) bond motifs is 1. The molecule has 0 aliphatic heterocycles. The average molecular weight is 257 g/mol. The van der Waals surface area contributed by atoms with E-state index in [0.717, 1.165) is 27.9 Å². The molecule has 19 heavy (non-hydrogen) atoms. The lowest BCUT2D eigenvalue weighted by atomic mass is 10.1. The van der Waals surface area contributed by atoms with E-state index in [0.29, 0.717) is 6.54 Å². The van der Waals surface area contributed by atoms with E-state index < -0.39 is 0 Å². The largest absolute Gasteiger partial charge is 0.323 e. The second-order valence-corrected chi connectivity index (χ2v) is 4.53. The van der Waals surface area contributed by atoms with Crippen molar-refractivity contribution in [3.05, 3.63) is 40.6 Å². The van der Waals surface area contributed by atoms with E-state index in [9.17, 15) is 4.79 Å². The van der Waals surface area contributed by atoms with Crippen molar-refractivity contribution in [3.63, 3.8) is 0 Å². The minimum absolute atomic E-state index is 0.186. The van der Waals surface area contributed by atoms with E-state index in [4.69, 9.17) is 0 Å². The Bertz CT molecular complexity index is 780. The van der Waals surface area contributed by atoms with Gasteiger partial charge in [-0.2, -0.15) is 5.10 Å². The second kappa shape index (κ2) is 4.40. The summed E-state index contributed by atoms with van der Waals surface area (Å²) in [6.45, 7) is 0.706. The van der Waals surface area contributed by atoms with Gasteiger partial charge in [0.15, 0.2) is 0 Å². The third kappa shape index (κ3) is 2.06. The number of rotatable bonds is 3. The molecule has 0 aliphatic rings. The molecule has 3 N–H and O–H groups in total. The topological polar surface area (TPSA) is 78.5 Å². The molecular formula is C13H15N5O. The fourth-order valence-corrected chi connectivity index (χ4v) is 2.27. The van der Waals surface area contributed by atoms with Crippen LogP contribution in [0.2, 0.25) is 0 Å². The van der Waals surface area contributed by atoms with Crippen molar-refractivity contribution in [2.24, 2.45) is 7.05 Å². The van der Waals surface area contributed by atoms with Gasteiger partial charge in [0.1, 0.15) is 0 Å². The highest BCUT2D eigenvalue weighted by molar-refractivity contribution is 5.81. The molecule has 0 fully saturated rings. The minimum Gasteiger partial charge on any atom is -0.314 e. The number of imidazole rings is 1. The van der Waals surface area contributed by atoms with Crippen LogP contribution in [0.1, 0.15) is 5.69 Å². The number of H-pyrrole nitrogens is 2. The zero-order valence-electron chi connectivity index (χ0n) is 10.8. The van der Waals surface area contributed by atoms with Crippen molar-refractivity contribution >= 4 is 11.0 Å². The fourth-order valence-electron chi connectivity index (χ4n) is 2.27. The molecule has 3 rings (SSSR count). The quantitative estimate of drug-likeness (QED) is 0.654. The van der Waals surface area contributed by atoms with Crippen LogP contribution in [0, 0.1) is 0 Å². The Kier molecular flexibility index (Phi) is 2.72. The number of benzene rings is 1. The molecule has 6 heteroatoms. The van der Waals surface area contributed by atoms with Crippen LogP contribution in [0.15, 0.2) is 29.2 Å². The molecule has 6 nitrogen and oxygen atoms in total. The van der Waals surface area contributed by atoms with Crippen LogP contribution >= 0.6 is 0 Å². The molecule has 2 heterocycles. The van der Waals surface area contributed by atoms with Gasteiger partial charge in [0.2, 0.25) is 0 Å². The van der Waals surface area contributed by atoms with Crippen LogP contribution < -0.4 is 11.0 Å². The van der Waals surface area contributed by atoms with Crippen molar-refractivity contribution < 1.29 is 0 Å². The van der Waals surface area contributed by atoms with Crippen molar-refractivity contribution in [1.82, 2.24) is 25.1 Å². The van der Waals surface area contributed by atoms with Gasteiger partial charge in [0.25, 0.3) is 0 Å². The molecule has 2 aromatic heterocycles. The van der Waals surface area contributed by atoms with Gasteiger partial charge in [0, 0.05) is 25.4 Å². The number of aromatic nitrogens is 4. The van der Waals surface area contributed by atoms with Crippen molar-refractivity contribution in [3.8, 4) is 11.1 Å². The number of aromatic amines is 2. The molecule has 3 aromatic rings. The van der Waals surface area contributed by atoms with Gasteiger partial charge < -0.3 is 15.3 Å². The van der Waals surface area contributed by atoms with Gasteiger partial charge in [-0.05, 0) is 24.7 Å². The molecule has 0 saturated carbocycles. The van der Waals surface area contributed by atoms with E-state index in [1.54, 1.807) is 4.68 Å². The summed E-state index contributed by atoms with van der Waals surface area (Å²) in [4.78, 5) is 16.8. The zero-order valence-corrected chi connectivity index (χ0v) is 10.8. The Morgan fingerprint density at radius 2 is 2.11 bits per heavy atom. The number of hydrogen-bond donors (Lipinski definition) is 3. The highest BCUT2D eigenvalue weighted by Crippen LogP contribution is 2.25. The highest BCUT2D eigenvalue weighted by atomic mass is 16.1. The van der Waals surface area contributed by atoms with Crippen molar-refractivity contribution in [2.75, 3.05) is 7.05 Å². The maximum Gasteiger partial charge on any atom is 0.323 e. The smallest absolute Gasteiger partial charge is 0.314 e. The first kappa shape index (κ1) is 11.7. The van der Waals surface area contributed by atoms with Crippen LogP contribution in [0.5, 0.6) is 0 Å². The molecule has 0 atom stereocenters. The van der Waals surface area contributed by atoms with E-state index in [1.807, 2.05) is 38.5 Å². The predicted molar refractivity (Wildman–Crippen MR) is 73.9 cm³/mol. The van der Waals surface area contributed by atoms with Crippen LogP contribution in [0.25, 0.3) is 22.2 Å². The summed E-state index contributed by atoms with van der Waals surface area (Å²) < 4.78 is 1.80. The van der Waals surface area contributed by atoms with Gasteiger partial charge >= 0.3 is 5.69 Å². The molecule has 0 radical (unpaired) electrons. The summed E-state index contributed by atoms with van der Waals surface area (Å²) in [6.07, 6.45) is 1.98. The molecule has 0 spiro atoms. The predicted octanol–water partition coefficient (Wildman–Crippen LogP) is 0.976. The summed E-state index contributed by atoms with van der Waals surface area (Å²) in [7, 11) is 3.80. The van der Waals surface area contributed by atoms with Crippen LogP contribution in [0.4, 0.5) is 0 Å². The molecular weight excluding hydrogens is 242 g/mol. The number of nitrogens with one attached hydrogen (secondary N) is 3. The molecule has 98 valence electrons. The number of hydrogen-bond acceptors (Lipinski definition) is 3. The van der Waals surface area contributed by atoms with Crippen molar-refractivity contribution in [2.45, 2.75) is 6.54 Å². The summed E-state index contributed by atoms with van der Waals surface area (Å²) in [5, 5.41) is 7.55. The summed E-state index contributed by atoms with van der Waals surface area (Å²) in [5.41, 5.74) is 4.53. The number of nitrogens with zero attached hydrogens (tertiary/aromatic N) is 2. The van der Waals surface area contributed by atoms with Crippen LogP contribution in [-0.2, 0) is 13.6 Å². The van der Waals surface area contributed by atoms with Crippen molar-refractivity contribution in [1.29, 1.82) is 0 Å². The van der Waals surface area contributed by atoms with Gasteiger partial charge in [-0.3, -0.25) is 4.68 Å². The maximum atomic E-state index is 11.3. The first-order valence-electron chi connectivity index (χ1n) is 6.07. The molecule has 0 saturated heterocycles. The first-order valence-corrected chi connectivity index (χ1v) is 6.07. The normalized spacial score (nSPS) is 11.3. The highest BCUT2D eigenvalue weighted by Gasteiger charge is 2.10. The van der Waals surface area contributed by atoms with E-state index in [1.165, 1.54) is 0 Å². The standard InChI is InChI=1S/C13H15N5O/c1-14-6-12-9(7-18(2)17-12)8-3-4-10-11(5-8)16-13(19)15-10/h3-5,7,14H,6H2,1-2H3,(H2,15,16,19). The summed E-state index contributed by atoms with van der Waals surface area (Å²) in [6, 6.07) is 5.85. The lowest BCUT2D eigenvalue weighted by Crippen LogP contribution is -2.07. The van der Waals surface area contributed by atoms with Gasteiger partial charge in [-0.25, -0.2) is 4.79 Å². The number of aryl methyl sites for hydroxylation is 1. The van der Waals surface area contributed by atoms with E-state index in [2.05, 4.69) is 20.4 Å².